The Labute approximate surface area is 118 Å². The Morgan fingerprint density at radius 3 is 2.90 bits per heavy atom. The van der Waals surface area contributed by atoms with E-state index in [1.54, 1.807) is 0 Å². The summed E-state index contributed by atoms with van der Waals surface area (Å²) in [5.41, 5.74) is 4.61. The Morgan fingerprint density at radius 1 is 1.35 bits per heavy atom. The van der Waals surface area contributed by atoms with Crippen LogP contribution in [0.25, 0.3) is 5.69 Å². The van der Waals surface area contributed by atoms with Gasteiger partial charge in [0.05, 0.1) is 17.9 Å². The second-order valence-corrected chi connectivity index (χ2v) is 4.89. The topological polar surface area (TPSA) is 46.9 Å². The third-order valence-electron chi connectivity index (χ3n) is 3.63. The molecule has 4 nitrogen and oxygen atoms in total. The largest absolute Gasteiger partial charge is 0.347 e. The lowest BCUT2D eigenvalue weighted by molar-refractivity contribution is -0.116. The van der Waals surface area contributed by atoms with Crippen molar-refractivity contribution in [1.29, 1.82) is 0 Å². The van der Waals surface area contributed by atoms with Gasteiger partial charge in [0, 0.05) is 5.69 Å². The van der Waals surface area contributed by atoms with E-state index in [1.807, 2.05) is 22.9 Å². The second-order valence-electron chi connectivity index (χ2n) is 4.89. The van der Waals surface area contributed by atoms with Crippen molar-refractivity contribution in [2.45, 2.75) is 25.8 Å². The predicted octanol–water partition coefficient (Wildman–Crippen LogP) is 2.16. The van der Waals surface area contributed by atoms with Gasteiger partial charge in [-0.15, -0.1) is 0 Å². The zero-order chi connectivity index (χ0) is 13.9. The molecule has 102 valence electrons. The normalized spacial score (nSPS) is 13.0. The molecule has 0 atom stereocenters. The van der Waals surface area contributed by atoms with Crippen molar-refractivity contribution in [3.05, 3.63) is 59.9 Å². The summed E-state index contributed by atoms with van der Waals surface area (Å²) in [4.78, 5) is 11.3. The number of amides is 1. The van der Waals surface area contributed by atoms with Crippen LogP contribution in [0.2, 0.25) is 0 Å². The molecule has 0 fully saturated rings. The van der Waals surface area contributed by atoms with Crippen molar-refractivity contribution in [3.63, 3.8) is 0 Å². The highest BCUT2D eigenvalue weighted by Gasteiger charge is 2.22. The molecule has 0 saturated carbocycles. The van der Waals surface area contributed by atoms with Crippen LogP contribution in [0.5, 0.6) is 0 Å². The quantitative estimate of drug-likeness (QED) is 0.863. The van der Waals surface area contributed by atoms with Gasteiger partial charge in [-0.2, -0.15) is 5.10 Å². The summed E-state index contributed by atoms with van der Waals surface area (Å²) >= 11 is 0. The molecule has 2 aromatic rings. The highest BCUT2D eigenvalue weighted by atomic mass is 16.1. The molecule has 20 heavy (non-hydrogen) atoms. The van der Waals surface area contributed by atoms with E-state index in [1.165, 1.54) is 17.3 Å². The number of aromatic nitrogens is 2. The highest BCUT2D eigenvalue weighted by molar-refractivity contribution is 5.86. The fourth-order valence-corrected chi connectivity index (χ4v) is 2.68. The van der Waals surface area contributed by atoms with Gasteiger partial charge < -0.3 is 5.32 Å². The first-order chi connectivity index (χ1) is 9.79. The molecule has 1 N–H and O–H groups in total. The first-order valence-electron chi connectivity index (χ1n) is 6.85. The summed E-state index contributed by atoms with van der Waals surface area (Å²) in [7, 11) is 0. The minimum Gasteiger partial charge on any atom is -0.347 e. The molecular weight excluding hydrogens is 250 g/mol. The number of nitrogens with zero attached hydrogens (tertiary/aromatic N) is 2. The van der Waals surface area contributed by atoms with Gasteiger partial charge in [0.15, 0.2) is 0 Å². The number of hydrogen-bond donors (Lipinski definition) is 1. The fraction of sp³-hybridized carbons (Fsp3) is 0.250. The van der Waals surface area contributed by atoms with Crippen LogP contribution >= 0.6 is 0 Å². The van der Waals surface area contributed by atoms with E-state index >= 15 is 0 Å². The molecule has 0 unspecified atom stereocenters. The third kappa shape index (κ3) is 2.25. The van der Waals surface area contributed by atoms with Crippen LogP contribution in [0.4, 0.5) is 0 Å². The SMILES string of the molecule is C=CC(=O)NCc1nn(-c2ccccc2)c2c1CCC2. The first-order valence-corrected chi connectivity index (χ1v) is 6.85. The lowest BCUT2D eigenvalue weighted by Crippen LogP contribution is -2.21. The maximum absolute atomic E-state index is 11.3. The predicted molar refractivity (Wildman–Crippen MR) is 77.6 cm³/mol. The lowest BCUT2D eigenvalue weighted by atomic mass is 10.2. The molecule has 0 bridgehead atoms. The van der Waals surface area contributed by atoms with E-state index in [0.29, 0.717) is 6.54 Å². The van der Waals surface area contributed by atoms with Crippen molar-refractivity contribution in [2.24, 2.45) is 0 Å². The molecule has 0 aliphatic heterocycles. The van der Waals surface area contributed by atoms with E-state index in [4.69, 9.17) is 0 Å². The molecule has 1 aliphatic rings. The van der Waals surface area contributed by atoms with Gasteiger partial charge in [-0.1, -0.05) is 24.8 Å². The minimum atomic E-state index is -0.161. The van der Waals surface area contributed by atoms with Crippen molar-refractivity contribution in [2.75, 3.05) is 0 Å². The molecule has 4 heteroatoms. The Balaban J connectivity index is 1.93. The van der Waals surface area contributed by atoms with Crippen LogP contribution in [-0.2, 0) is 24.2 Å². The van der Waals surface area contributed by atoms with Crippen molar-refractivity contribution in [1.82, 2.24) is 15.1 Å². The Kier molecular flexibility index (Phi) is 3.37. The Hall–Kier alpha value is -2.36. The zero-order valence-electron chi connectivity index (χ0n) is 11.3. The monoisotopic (exact) mass is 267 g/mol. The van der Waals surface area contributed by atoms with Gasteiger partial charge in [0.1, 0.15) is 0 Å². The number of hydrogen-bond acceptors (Lipinski definition) is 2. The zero-order valence-corrected chi connectivity index (χ0v) is 11.3. The number of rotatable bonds is 4. The lowest BCUT2D eigenvalue weighted by Gasteiger charge is -2.04. The molecule has 0 spiro atoms. The molecular formula is C16H17N3O. The van der Waals surface area contributed by atoms with E-state index in [-0.39, 0.29) is 5.91 Å². The van der Waals surface area contributed by atoms with E-state index in [2.05, 4.69) is 29.1 Å². The van der Waals surface area contributed by atoms with Crippen LogP contribution < -0.4 is 5.32 Å². The average molecular weight is 267 g/mol. The van der Waals surface area contributed by atoms with E-state index in [9.17, 15) is 4.79 Å². The maximum atomic E-state index is 11.3. The molecule has 1 aliphatic carbocycles. The molecule has 1 heterocycles. The van der Waals surface area contributed by atoms with Crippen LogP contribution in [-0.4, -0.2) is 15.7 Å². The number of benzene rings is 1. The summed E-state index contributed by atoms with van der Waals surface area (Å²) < 4.78 is 2.01. The van der Waals surface area contributed by atoms with Gasteiger partial charge in [-0.05, 0) is 43.0 Å². The molecule has 1 amide bonds. The fourth-order valence-electron chi connectivity index (χ4n) is 2.68. The average Bonchev–Trinajstić information content (AvgIpc) is 3.08. The van der Waals surface area contributed by atoms with Crippen molar-refractivity contribution >= 4 is 5.91 Å². The van der Waals surface area contributed by atoms with Gasteiger partial charge in [0.25, 0.3) is 0 Å². The number of carbonyl (C=O) groups excluding carboxylic acids is 1. The second kappa shape index (κ2) is 5.33. The molecule has 3 rings (SSSR count). The number of fused-ring (bicyclic) bond motifs is 1. The minimum absolute atomic E-state index is 0.161. The van der Waals surface area contributed by atoms with Gasteiger partial charge >= 0.3 is 0 Å². The summed E-state index contributed by atoms with van der Waals surface area (Å²) in [6, 6.07) is 10.1. The molecule has 1 aromatic heterocycles. The highest BCUT2D eigenvalue weighted by Crippen LogP contribution is 2.27. The number of nitrogens with one attached hydrogen (secondary N) is 1. The Morgan fingerprint density at radius 2 is 2.15 bits per heavy atom. The van der Waals surface area contributed by atoms with Crippen LogP contribution in [0, 0.1) is 0 Å². The van der Waals surface area contributed by atoms with Crippen LogP contribution in [0.1, 0.15) is 23.4 Å². The first kappa shape index (κ1) is 12.7. The molecule has 1 aromatic carbocycles. The van der Waals surface area contributed by atoms with Gasteiger partial charge in [0.2, 0.25) is 5.91 Å². The smallest absolute Gasteiger partial charge is 0.243 e. The van der Waals surface area contributed by atoms with Gasteiger partial charge in [-0.3, -0.25) is 4.79 Å². The standard InChI is InChI=1S/C16H17N3O/c1-2-16(20)17-11-14-13-9-6-10-15(13)19(18-14)12-7-4-3-5-8-12/h2-5,7-8H,1,6,9-11H2,(H,17,20). The number of carbonyl (C=O) groups is 1. The molecule has 0 saturated heterocycles. The number of para-hydroxylation sites is 1. The Bertz CT molecular complexity index is 643. The third-order valence-corrected chi connectivity index (χ3v) is 3.63. The maximum Gasteiger partial charge on any atom is 0.243 e. The van der Waals surface area contributed by atoms with Crippen LogP contribution in [0.15, 0.2) is 43.0 Å². The molecule has 0 radical (unpaired) electrons. The van der Waals surface area contributed by atoms with Crippen LogP contribution in [0.3, 0.4) is 0 Å². The summed E-state index contributed by atoms with van der Waals surface area (Å²) in [6.45, 7) is 3.93. The summed E-state index contributed by atoms with van der Waals surface area (Å²) in [6.07, 6.45) is 4.53. The summed E-state index contributed by atoms with van der Waals surface area (Å²) in [5.74, 6) is -0.161. The van der Waals surface area contributed by atoms with E-state index < -0.39 is 0 Å². The van der Waals surface area contributed by atoms with Crippen molar-refractivity contribution in [3.8, 4) is 5.69 Å². The van der Waals surface area contributed by atoms with Crippen molar-refractivity contribution < 1.29 is 4.79 Å². The van der Waals surface area contributed by atoms with Gasteiger partial charge in [-0.25, -0.2) is 4.68 Å². The van der Waals surface area contributed by atoms with E-state index in [0.717, 1.165) is 30.6 Å². The summed E-state index contributed by atoms with van der Waals surface area (Å²) in [5, 5.41) is 7.49.